The second-order valence-corrected chi connectivity index (χ2v) is 7.41. The summed E-state index contributed by atoms with van der Waals surface area (Å²) in [7, 11) is 0. The SMILES string of the molecule is Cc1cc(C)n(Cc2cccc(CNC(=O)c3cnc(OCC(F)(F)F)c(Cl)c3)c2)n1. The Balaban J connectivity index is 1.60. The lowest BCUT2D eigenvalue weighted by Crippen LogP contribution is -2.23. The number of nitrogens with zero attached hydrogens (tertiary/aromatic N) is 3. The summed E-state index contributed by atoms with van der Waals surface area (Å²) in [6, 6.07) is 10.9. The van der Waals surface area contributed by atoms with Crippen molar-refractivity contribution in [3.8, 4) is 5.88 Å². The molecule has 0 aliphatic carbocycles. The fourth-order valence-corrected chi connectivity index (χ4v) is 3.16. The lowest BCUT2D eigenvalue weighted by molar-refractivity contribution is -0.154. The summed E-state index contributed by atoms with van der Waals surface area (Å²) in [6.45, 7) is 3.28. The summed E-state index contributed by atoms with van der Waals surface area (Å²) in [5, 5.41) is 7.01. The van der Waals surface area contributed by atoms with Crippen molar-refractivity contribution in [1.29, 1.82) is 0 Å². The van der Waals surface area contributed by atoms with E-state index in [2.05, 4.69) is 20.1 Å². The first-order valence-electron chi connectivity index (χ1n) is 9.33. The van der Waals surface area contributed by atoms with Gasteiger partial charge in [-0.25, -0.2) is 4.98 Å². The molecule has 1 amide bonds. The van der Waals surface area contributed by atoms with Gasteiger partial charge in [0.05, 0.1) is 17.8 Å². The molecule has 0 saturated heterocycles. The Labute approximate surface area is 182 Å². The molecule has 10 heteroatoms. The van der Waals surface area contributed by atoms with Crippen molar-refractivity contribution in [2.45, 2.75) is 33.1 Å². The number of hydrogen-bond donors (Lipinski definition) is 1. The van der Waals surface area contributed by atoms with Gasteiger partial charge in [-0.3, -0.25) is 9.48 Å². The Morgan fingerprint density at radius 1 is 1.19 bits per heavy atom. The highest BCUT2D eigenvalue weighted by molar-refractivity contribution is 6.32. The Hall–Kier alpha value is -3.07. The van der Waals surface area contributed by atoms with Gasteiger partial charge in [-0.15, -0.1) is 0 Å². The first kappa shape index (κ1) is 22.6. The van der Waals surface area contributed by atoms with Gasteiger partial charge in [0.2, 0.25) is 5.88 Å². The van der Waals surface area contributed by atoms with Crippen molar-refractivity contribution in [3.63, 3.8) is 0 Å². The number of halogens is 4. The summed E-state index contributed by atoms with van der Waals surface area (Å²) < 4.78 is 43.2. The third kappa shape index (κ3) is 6.45. The monoisotopic (exact) mass is 452 g/mol. The van der Waals surface area contributed by atoms with Crippen LogP contribution in [-0.2, 0) is 13.1 Å². The molecule has 0 radical (unpaired) electrons. The number of aryl methyl sites for hydroxylation is 2. The van der Waals surface area contributed by atoms with E-state index < -0.39 is 18.7 Å². The molecule has 3 rings (SSSR count). The lowest BCUT2D eigenvalue weighted by atomic mass is 10.1. The third-order valence-electron chi connectivity index (χ3n) is 4.32. The molecule has 1 N–H and O–H groups in total. The molecule has 0 fully saturated rings. The highest BCUT2D eigenvalue weighted by atomic mass is 35.5. The van der Waals surface area contributed by atoms with Gasteiger partial charge in [0.15, 0.2) is 6.61 Å². The summed E-state index contributed by atoms with van der Waals surface area (Å²) in [5.41, 5.74) is 4.04. The molecule has 1 aromatic carbocycles. The summed E-state index contributed by atoms with van der Waals surface area (Å²) >= 11 is 5.89. The number of ether oxygens (including phenoxy) is 1. The molecule has 0 unspecified atom stereocenters. The fourth-order valence-electron chi connectivity index (χ4n) is 2.94. The molecule has 3 aromatic rings. The van der Waals surface area contributed by atoms with Crippen molar-refractivity contribution in [2.24, 2.45) is 0 Å². The van der Waals surface area contributed by atoms with Crippen LogP contribution in [0.5, 0.6) is 5.88 Å². The van der Waals surface area contributed by atoms with Crippen LogP contribution >= 0.6 is 11.6 Å². The smallest absolute Gasteiger partial charge is 0.422 e. The van der Waals surface area contributed by atoms with Crippen molar-refractivity contribution in [2.75, 3.05) is 6.61 Å². The Morgan fingerprint density at radius 3 is 2.58 bits per heavy atom. The van der Waals surface area contributed by atoms with Gasteiger partial charge in [-0.05, 0) is 37.1 Å². The topological polar surface area (TPSA) is 69.0 Å². The van der Waals surface area contributed by atoms with Gasteiger partial charge in [-0.2, -0.15) is 18.3 Å². The quantitative estimate of drug-likeness (QED) is 0.574. The maximum absolute atomic E-state index is 12.4. The van der Waals surface area contributed by atoms with Gasteiger partial charge >= 0.3 is 6.18 Å². The van der Waals surface area contributed by atoms with Crippen molar-refractivity contribution >= 4 is 17.5 Å². The Morgan fingerprint density at radius 2 is 1.94 bits per heavy atom. The van der Waals surface area contributed by atoms with Crippen LogP contribution in [0.1, 0.15) is 32.9 Å². The Bertz CT molecular complexity index is 1080. The maximum atomic E-state index is 12.4. The van der Waals surface area contributed by atoms with Crippen molar-refractivity contribution < 1.29 is 22.7 Å². The Kier molecular flexibility index (Phi) is 6.84. The number of hydrogen-bond acceptors (Lipinski definition) is 4. The number of carbonyl (C=O) groups is 1. The van der Waals surface area contributed by atoms with Gasteiger partial charge in [0.25, 0.3) is 5.91 Å². The first-order chi connectivity index (χ1) is 14.6. The zero-order chi connectivity index (χ0) is 22.6. The normalized spacial score (nSPS) is 11.4. The zero-order valence-corrected chi connectivity index (χ0v) is 17.6. The predicted molar refractivity (Wildman–Crippen MR) is 109 cm³/mol. The van der Waals surface area contributed by atoms with Gasteiger partial charge in [0.1, 0.15) is 5.02 Å². The minimum Gasteiger partial charge on any atom is -0.467 e. The predicted octanol–water partition coefficient (Wildman–Crippen LogP) is 4.47. The fraction of sp³-hybridized carbons (Fsp3) is 0.286. The van der Waals surface area contributed by atoms with E-state index in [1.807, 2.05) is 48.9 Å². The average molecular weight is 453 g/mol. The minimum atomic E-state index is -4.51. The van der Waals surface area contributed by atoms with E-state index in [1.165, 1.54) is 6.07 Å². The number of pyridine rings is 1. The number of carbonyl (C=O) groups excluding carboxylic acids is 1. The molecule has 164 valence electrons. The number of aromatic nitrogens is 3. The molecule has 0 bridgehead atoms. The number of nitrogens with one attached hydrogen (secondary N) is 1. The molecular formula is C21H20ClF3N4O2. The molecule has 6 nitrogen and oxygen atoms in total. The highest BCUT2D eigenvalue weighted by Gasteiger charge is 2.29. The van der Waals surface area contributed by atoms with Crippen LogP contribution in [0.4, 0.5) is 13.2 Å². The van der Waals surface area contributed by atoms with Crippen LogP contribution in [0.25, 0.3) is 0 Å². The molecule has 0 saturated carbocycles. The lowest BCUT2D eigenvalue weighted by Gasteiger charge is -2.11. The van der Waals surface area contributed by atoms with Gasteiger partial charge in [-0.1, -0.05) is 35.9 Å². The maximum Gasteiger partial charge on any atom is 0.422 e. The van der Waals surface area contributed by atoms with Crippen LogP contribution in [0.15, 0.2) is 42.6 Å². The molecule has 0 aliphatic heterocycles. The van der Waals surface area contributed by atoms with E-state index in [-0.39, 0.29) is 23.0 Å². The van der Waals surface area contributed by atoms with Crippen LogP contribution in [-0.4, -0.2) is 33.5 Å². The van der Waals surface area contributed by atoms with E-state index in [9.17, 15) is 18.0 Å². The molecule has 0 aliphatic rings. The second-order valence-electron chi connectivity index (χ2n) is 7.00. The molecule has 2 aromatic heterocycles. The third-order valence-corrected chi connectivity index (χ3v) is 4.59. The first-order valence-corrected chi connectivity index (χ1v) is 9.71. The average Bonchev–Trinajstić information content (AvgIpc) is 3.01. The molecule has 31 heavy (non-hydrogen) atoms. The number of alkyl halides is 3. The molecule has 2 heterocycles. The number of benzene rings is 1. The van der Waals surface area contributed by atoms with Gasteiger partial charge in [0, 0.05) is 18.4 Å². The van der Waals surface area contributed by atoms with E-state index in [0.717, 1.165) is 28.7 Å². The van der Waals surface area contributed by atoms with Gasteiger partial charge < -0.3 is 10.1 Å². The number of rotatable bonds is 7. The minimum absolute atomic E-state index is 0.114. The van der Waals surface area contributed by atoms with E-state index in [1.54, 1.807) is 0 Å². The molecule has 0 spiro atoms. The largest absolute Gasteiger partial charge is 0.467 e. The number of amides is 1. The van der Waals surface area contributed by atoms with E-state index >= 15 is 0 Å². The van der Waals surface area contributed by atoms with Crippen molar-refractivity contribution in [3.05, 3.63) is 75.7 Å². The van der Waals surface area contributed by atoms with Crippen LogP contribution in [0, 0.1) is 13.8 Å². The van der Waals surface area contributed by atoms with Crippen LogP contribution < -0.4 is 10.1 Å². The standard InChI is InChI=1S/C21H20ClF3N4O2/c1-13-6-14(2)29(28-13)11-16-5-3-4-15(7-16)9-26-19(30)17-8-18(22)20(27-10-17)31-12-21(23,24)25/h3-8,10H,9,11-12H2,1-2H3,(H,26,30). The van der Waals surface area contributed by atoms with E-state index in [4.69, 9.17) is 11.6 Å². The summed E-state index contributed by atoms with van der Waals surface area (Å²) in [5.74, 6) is -0.840. The molecular weight excluding hydrogens is 433 g/mol. The summed E-state index contributed by atoms with van der Waals surface area (Å²) in [4.78, 5) is 16.1. The zero-order valence-electron chi connectivity index (χ0n) is 16.8. The van der Waals surface area contributed by atoms with Crippen LogP contribution in [0.3, 0.4) is 0 Å². The van der Waals surface area contributed by atoms with Crippen molar-refractivity contribution in [1.82, 2.24) is 20.1 Å². The second kappa shape index (κ2) is 9.38. The van der Waals surface area contributed by atoms with Crippen LogP contribution in [0.2, 0.25) is 5.02 Å². The van der Waals surface area contributed by atoms with E-state index in [0.29, 0.717) is 6.54 Å². The highest BCUT2D eigenvalue weighted by Crippen LogP contribution is 2.25. The molecule has 0 atom stereocenters. The summed E-state index contributed by atoms with van der Waals surface area (Å²) in [6.07, 6.45) is -3.39.